The third-order valence-electron chi connectivity index (χ3n) is 3.61. The fourth-order valence-electron chi connectivity index (χ4n) is 2.26. The van der Waals surface area contributed by atoms with Crippen LogP contribution in [0.15, 0.2) is 30.3 Å². The van der Waals surface area contributed by atoms with E-state index in [9.17, 15) is 14.4 Å². The van der Waals surface area contributed by atoms with Crippen LogP contribution in [-0.2, 0) is 20.9 Å². The maximum atomic E-state index is 11.9. The van der Waals surface area contributed by atoms with Crippen molar-refractivity contribution < 1.29 is 14.4 Å². The van der Waals surface area contributed by atoms with E-state index in [4.69, 9.17) is 34.7 Å². The Kier molecular flexibility index (Phi) is 6.59. The Morgan fingerprint density at radius 2 is 1.78 bits per heavy atom. The van der Waals surface area contributed by atoms with Gasteiger partial charge < -0.3 is 16.8 Å². The number of nitrogens with zero attached hydrogens (tertiary/aromatic N) is 2. The second-order valence-electron chi connectivity index (χ2n) is 5.65. The number of hydrogen-bond acceptors (Lipinski definition) is 4. The number of aryl methyl sites for hydroxylation is 1. The summed E-state index contributed by atoms with van der Waals surface area (Å²) in [5, 5.41) is 7.42. The summed E-state index contributed by atoms with van der Waals surface area (Å²) >= 11 is 12.2. The second-order valence-corrected chi connectivity index (χ2v) is 6.45. The lowest BCUT2D eigenvalue weighted by molar-refractivity contribution is -0.132. The van der Waals surface area contributed by atoms with Crippen molar-refractivity contribution in [3.05, 3.63) is 57.3 Å². The number of amides is 3. The molecule has 0 saturated heterocycles. The van der Waals surface area contributed by atoms with Crippen molar-refractivity contribution in [1.82, 2.24) is 15.1 Å². The molecule has 0 aliphatic rings. The zero-order valence-electron chi connectivity index (χ0n) is 14.3. The number of nitrogens with one attached hydrogen (secondary N) is 1. The normalized spacial score (nSPS) is 11.1. The molecule has 0 spiro atoms. The Morgan fingerprint density at radius 1 is 1.19 bits per heavy atom. The zero-order chi connectivity index (χ0) is 20.1. The molecule has 0 saturated carbocycles. The maximum absolute atomic E-state index is 11.9. The number of primary amides is 2. The van der Waals surface area contributed by atoms with Crippen molar-refractivity contribution in [2.24, 2.45) is 11.5 Å². The second kappa shape index (κ2) is 8.70. The molecule has 8 nitrogen and oxygen atoms in total. The molecule has 1 aromatic heterocycles. The highest BCUT2D eigenvalue weighted by atomic mass is 35.5. The zero-order valence-corrected chi connectivity index (χ0v) is 15.8. The van der Waals surface area contributed by atoms with Gasteiger partial charge in [-0.15, -0.1) is 0 Å². The molecule has 2 rings (SSSR count). The van der Waals surface area contributed by atoms with E-state index in [1.165, 1.54) is 6.08 Å². The van der Waals surface area contributed by atoms with Gasteiger partial charge in [0.05, 0.1) is 12.2 Å². The number of hydrogen-bond donors (Lipinski definition) is 3. The van der Waals surface area contributed by atoms with E-state index >= 15 is 0 Å². The van der Waals surface area contributed by atoms with Crippen LogP contribution < -0.4 is 16.8 Å². The summed E-state index contributed by atoms with van der Waals surface area (Å²) in [6.45, 7) is 2.15. The van der Waals surface area contributed by atoms with Crippen molar-refractivity contribution in [3.63, 3.8) is 0 Å². The molecule has 0 aliphatic heterocycles. The lowest BCUT2D eigenvalue weighted by Crippen LogP contribution is -2.52. The molecule has 1 heterocycles. The van der Waals surface area contributed by atoms with Crippen molar-refractivity contribution in [2.75, 3.05) is 0 Å². The molecule has 2 aromatic rings. The van der Waals surface area contributed by atoms with E-state index in [1.807, 2.05) is 12.1 Å². The van der Waals surface area contributed by atoms with Gasteiger partial charge in [-0.25, -0.2) is 4.68 Å². The molecular weight excluding hydrogens is 393 g/mol. The number of halogens is 2. The molecule has 0 fully saturated rings. The molecule has 142 valence electrons. The minimum atomic E-state index is -1.59. The Bertz CT molecular complexity index is 892. The molecule has 10 heteroatoms. The van der Waals surface area contributed by atoms with Crippen LogP contribution in [-0.4, -0.2) is 33.5 Å². The van der Waals surface area contributed by atoms with Gasteiger partial charge in [-0.1, -0.05) is 35.3 Å². The van der Waals surface area contributed by atoms with Crippen LogP contribution in [0.4, 0.5) is 0 Å². The Labute approximate surface area is 165 Å². The van der Waals surface area contributed by atoms with Gasteiger partial charge in [-0.2, -0.15) is 5.10 Å². The molecule has 27 heavy (non-hydrogen) atoms. The number of carbonyl (C=O) groups is 3. The summed E-state index contributed by atoms with van der Waals surface area (Å²) in [7, 11) is 0. The van der Waals surface area contributed by atoms with Crippen LogP contribution in [0.2, 0.25) is 10.2 Å². The molecule has 5 N–H and O–H groups in total. The molecule has 0 unspecified atom stereocenters. The number of benzene rings is 1. The summed E-state index contributed by atoms with van der Waals surface area (Å²) in [4.78, 5) is 34.1. The van der Waals surface area contributed by atoms with E-state index in [0.29, 0.717) is 28.0 Å². The lowest BCUT2D eigenvalue weighted by atomic mass is 10.2. The highest BCUT2D eigenvalue weighted by Crippen LogP contribution is 2.22. The van der Waals surface area contributed by atoms with Crippen molar-refractivity contribution in [3.8, 4) is 0 Å². The fraction of sp³-hybridized carbons (Fsp3) is 0.176. The Hall–Kier alpha value is -2.84. The van der Waals surface area contributed by atoms with Gasteiger partial charge in [0.15, 0.2) is 6.04 Å². The average Bonchev–Trinajstić information content (AvgIpc) is 2.86. The minimum Gasteiger partial charge on any atom is -0.367 e. The van der Waals surface area contributed by atoms with Crippen LogP contribution in [0, 0.1) is 6.92 Å². The Morgan fingerprint density at radius 3 is 2.33 bits per heavy atom. The fourth-order valence-corrected chi connectivity index (χ4v) is 2.68. The number of carbonyl (C=O) groups excluding carboxylic acids is 3. The maximum Gasteiger partial charge on any atom is 0.249 e. The van der Waals surface area contributed by atoms with Crippen LogP contribution in [0.5, 0.6) is 0 Å². The number of rotatable bonds is 7. The van der Waals surface area contributed by atoms with Crippen LogP contribution in [0.1, 0.15) is 16.8 Å². The summed E-state index contributed by atoms with van der Waals surface area (Å²) in [5.74, 6) is -2.82. The monoisotopic (exact) mass is 409 g/mol. The standard InChI is InChI=1S/C17H17Cl2N5O3/c1-9-12(6-7-13(25)22-14(16(20)26)17(21)27)15(19)24(23-9)8-10-2-4-11(18)5-3-10/h2-7,14H,8H2,1H3,(H2,20,26)(H2,21,27)(H,22,25)/b7-6+. The predicted molar refractivity (Wildman–Crippen MR) is 102 cm³/mol. The average molecular weight is 410 g/mol. The van der Waals surface area contributed by atoms with Gasteiger partial charge in [0, 0.05) is 16.7 Å². The van der Waals surface area contributed by atoms with Gasteiger partial charge in [-0.3, -0.25) is 14.4 Å². The third-order valence-corrected chi connectivity index (χ3v) is 4.26. The minimum absolute atomic E-state index is 0.327. The topological polar surface area (TPSA) is 133 Å². The van der Waals surface area contributed by atoms with Crippen molar-refractivity contribution >= 4 is 47.0 Å². The summed E-state index contributed by atoms with van der Waals surface area (Å²) in [6, 6.07) is 5.64. The van der Waals surface area contributed by atoms with Crippen LogP contribution >= 0.6 is 23.2 Å². The first-order chi connectivity index (χ1) is 12.7. The number of nitrogens with two attached hydrogens (primary N) is 2. The van der Waals surface area contributed by atoms with E-state index in [0.717, 1.165) is 11.6 Å². The largest absolute Gasteiger partial charge is 0.367 e. The summed E-state index contributed by atoms with van der Waals surface area (Å²) < 4.78 is 1.58. The first-order valence-electron chi connectivity index (χ1n) is 7.73. The summed E-state index contributed by atoms with van der Waals surface area (Å²) in [6.07, 6.45) is 2.54. The van der Waals surface area contributed by atoms with Gasteiger partial charge in [0.25, 0.3) is 0 Å². The van der Waals surface area contributed by atoms with E-state index in [2.05, 4.69) is 10.4 Å². The van der Waals surface area contributed by atoms with Gasteiger partial charge in [-0.05, 0) is 30.7 Å². The molecule has 3 amide bonds. The van der Waals surface area contributed by atoms with E-state index in [1.54, 1.807) is 23.7 Å². The quantitative estimate of drug-likeness (QED) is 0.464. The highest BCUT2D eigenvalue weighted by molar-refractivity contribution is 6.31. The molecule has 0 bridgehead atoms. The smallest absolute Gasteiger partial charge is 0.249 e. The van der Waals surface area contributed by atoms with Crippen molar-refractivity contribution in [2.45, 2.75) is 19.5 Å². The van der Waals surface area contributed by atoms with Gasteiger partial charge in [0.2, 0.25) is 17.7 Å². The molecular formula is C17H17Cl2N5O3. The van der Waals surface area contributed by atoms with E-state index in [-0.39, 0.29) is 0 Å². The molecule has 0 aliphatic carbocycles. The number of aromatic nitrogens is 2. The Balaban J connectivity index is 2.14. The molecule has 0 atom stereocenters. The first-order valence-corrected chi connectivity index (χ1v) is 8.49. The van der Waals surface area contributed by atoms with Crippen LogP contribution in [0.3, 0.4) is 0 Å². The van der Waals surface area contributed by atoms with Gasteiger partial charge >= 0.3 is 0 Å². The summed E-state index contributed by atoms with van der Waals surface area (Å²) in [5.41, 5.74) is 12.1. The molecule has 1 aromatic carbocycles. The lowest BCUT2D eigenvalue weighted by Gasteiger charge is -2.09. The molecule has 0 radical (unpaired) electrons. The third kappa shape index (κ3) is 5.32. The SMILES string of the molecule is Cc1nn(Cc2ccc(Cl)cc2)c(Cl)c1/C=C/C(=O)NC(C(N)=O)C(N)=O. The van der Waals surface area contributed by atoms with Crippen molar-refractivity contribution in [1.29, 1.82) is 0 Å². The van der Waals surface area contributed by atoms with E-state index < -0.39 is 23.8 Å². The highest BCUT2D eigenvalue weighted by Gasteiger charge is 2.22. The first kappa shape index (κ1) is 20.5. The van der Waals surface area contributed by atoms with Gasteiger partial charge in [0.1, 0.15) is 5.15 Å². The van der Waals surface area contributed by atoms with Crippen LogP contribution in [0.25, 0.3) is 6.08 Å². The predicted octanol–water partition coefficient (Wildman–Crippen LogP) is 1.02.